The number of halogens is 1. The van der Waals surface area contributed by atoms with Crippen molar-refractivity contribution in [2.24, 2.45) is 0 Å². The van der Waals surface area contributed by atoms with E-state index in [4.69, 9.17) is 16.3 Å². The lowest BCUT2D eigenvalue weighted by atomic mass is 10.2. The summed E-state index contributed by atoms with van der Waals surface area (Å²) in [6.45, 7) is 1.82. The molecule has 2 aromatic carbocycles. The Morgan fingerprint density at radius 1 is 1.08 bits per heavy atom. The zero-order valence-corrected chi connectivity index (χ0v) is 14.2. The number of benzene rings is 2. The fourth-order valence-electron chi connectivity index (χ4n) is 2.06. The van der Waals surface area contributed by atoms with Gasteiger partial charge in [0.15, 0.2) is 0 Å². The van der Waals surface area contributed by atoms with Gasteiger partial charge in [-0.15, -0.1) is 0 Å². The number of hydrogen-bond donors (Lipinski definition) is 2. The summed E-state index contributed by atoms with van der Waals surface area (Å²) in [5.74, 6) is -0.0295. The molecule has 0 unspecified atom stereocenters. The zero-order chi connectivity index (χ0) is 17.7. The minimum atomic E-state index is -0.478. The minimum Gasteiger partial charge on any atom is -0.495 e. The number of methoxy groups -OCH3 is 2. The first-order chi connectivity index (χ1) is 11.4. The number of carbonyl (C=O) groups excluding carboxylic acids is 2. The molecule has 2 amide bonds. The smallest absolute Gasteiger partial charge is 0.337 e. The second-order valence-electron chi connectivity index (χ2n) is 4.95. The molecular weight excluding hydrogens is 332 g/mol. The molecule has 2 rings (SSSR count). The largest absolute Gasteiger partial charge is 0.495 e. The van der Waals surface area contributed by atoms with Crippen LogP contribution in [0.15, 0.2) is 36.4 Å². The van der Waals surface area contributed by atoms with Crippen molar-refractivity contribution in [3.63, 3.8) is 0 Å². The predicted molar refractivity (Wildman–Crippen MR) is 93.2 cm³/mol. The molecule has 0 spiro atoms. The zero-order valence-electron chi connectivity index (χ0n) is 13.5. The number of carbonyl (C=O) groups is 2. The molecule has 0 aliphatic carbocycles. The molecule has 24 heavy (non-hydrogen) atoms. The number of amides is 2. The molecule has 0 aliphatic rings. The molecule has 0 aliphatic heterocycles. The van der Waals surface area contributed by atoms with E-state index in [0.29, 0.717) is 27.7 Å². The van der Waals surface area contributed by atoms with E-state index in [1.807, 2.05) is 6.92 Å². The molecule has 126 valence electrons. The lowest BCUT2D eigenvalue weighted by Crippen LogP contribution is -2.20. The monoisotopic (exact) mass is 348 g/mol. The molecule has 0 bridgehead atoms. The SMILES string of the molecule is COC(=O)c1cccc(NC(=O)Nc2cc(C)c(Cl)cc2OC)c1. The summed E-state index contributed by atoms with van der Waals surface area (Å²) in [6.07, 6.45) is 0. The number of ether oxygens (including phenoxy) is 2. The predicted octanol–water partition coefficient (Wildman–Crippen LogP) is 4.09. The molecule has 0 saturated heterocycles. The molecule has 7 heteroatoms. The van der Waals surface area contributed by atoms with E-state index in [9.17, 15) is 9.59 Å². The van der Waals surface area contributed by atoms with Crippen molar-refractivity contribution in [1.82, 2.24) is 0 Å². The third kappa shape index (κ3) is 4.17. The summed E-state index contributed by atoms with van der Waals surface area (Å²) in [5.41, 5.74) is 2.09. The van der Waals surface area contributed by atoms with Crippen LogP contribution in [0.3, 0.4) is 0 Å². The summed E-state index contributed by atoms with van der Waals surface area (Å²) >= 11 is 6.04. The van der Waals surface area contributed by atoms with Gasteiger partial charge in [-0.2, -0.15) is 0 Å². The van der Waals surface area contributed by atoms with Crippen molar-refractivity contribution in [2.75, 3.05) is 24.9 Å². The Kier molecular flexibility index (Phi) is 5.65. The van der Waals surface area contributed by atoms with Gasteiger partial charge in [0.1, 0.15) is 5.75 Å². The van der Waals surface area contributed by atoms with Gasteiger partial charge in [-0.3, -0.25) is 0 Å². The van der Waals surface area contributed by atoms with Gasteiger partial charge in [-0.25, -0.2) is 9.59 Å². The Bertz CT molecular complexity index is 777. The highest BCUT2D eigenvalue weighted by Crippen LogP contribution is 2.31. The Morgan fingerprint density at radius 3 is 2.50 bits per heavy atom. The first-order valence-corrected chi connectivity index (χ1v) is 7.43. The van der Waals surface area contributed by atoms with E-state index in [0.717, 1.165) is 5.56 Å². The molecule has 0 atom stereocenters. The van der Waals surface area contributed by atoms with Gasteiger partial charge in [0, 0.05) is 16.8 Å². The number of nitrogens with one attached hydrogen (secondary N) is 2. The molecule has 2 N–H and O–H groups in total. The maximum atomic E-state index is 12.2. The summed E-state index contributed by atoms with van der Waals surface area (Å²) in [4.78, 5) is 23.7. The van der Waals surface area contributed by atoms with E-state index in [1.165, 1.54) is 20.3 Å². The quantitative estimate of drug-likeness (QED) is 0.816. The van der Waals surface area contributed by atoms with Crippen LogP contribution in [0.4, 0.5) is 16.2 Å². The Hall–Kier alpha value is -2.73. The van der Waals surface area contributed by atoms with Gasteiger partial charge in [-0.1, -0.05) is 17.7 Å². The molecule has 0 radical (unpaired) electrons. The number of aryl methyl sites for hydroxylation is 1. The van der Waals surface area contributed by atoms with E-state index in [1.54, 1.807) is 30.3 Å². The number of urea groups is 1. The van der Waals surface area contributed by atoms with Crippen LogP contribution in [0.5, 0.6) is 5.75 Å². The molecule has 0 saturated carbocycles. The fourth-order valence-corrected chi connectivity index (χ4v) is 2.21. The minimum absolute atomic E-state index is 0.343. The first-order valence-electron chi connectivity index (χ1n) is 7.05. The Morgan fingerprint density at radius 2 is 1.83 bits per heavy atom. The van der Waals surface area contributed by atoms with Crippen LogP contribution >= 0.6 is 11.6 Å². The van der Waals surface area contributed by atoms with Gasteiger partial charge >= 0.3 is 12.0 Å². The van der Waals surface area contributed by atoms with Crippen LogP contribution in [0.25, 0.3) is 0 Å². The van der Waals surface area contributed by atoms with Crippen molar-refractivity contribution >= 4 is 35.0 Å². The highest BCUT2D eigenvalue weighted by molar-refractivity contribution is 6.31. The number of hydrogen-bond acceptors (Lipinski definition) is 4. The van der Waals surface area contributed by atoms with Crippen LogP contribution in [-0.4, -0.2) is 26.2 Å². The highest BCUT2D eigenvalue weighted by Gasteiger charge is 2.11. The fraction of sp³-hybridized carbons (Fsp3) is 0.176. The standard InChI is InChI=1S/C17H17ClN2O4/c1-10-7-14(15(23-2)9-13(10)18)20-17(22)19-12-6-4-5-11(8-12)16(21)24-3/h4-9H,1-3H3,(H2,19,20,22). The second-order valence-corrected chi connectivity index (χ2v) is 5.36. The summed E-state index contributed by atoms with van der Waals surface area (Å²) in [6, 6.07) is 9.30. The molecule has 0 aromatic heterocycles. The van der Waals surface area contributed by atoms with Crippen LogP contribution < -0.4 is 15.4 Å². The van der Waals surface area contributed by atoms with Crippen molar-refractivity contribution in [3.8, 4) is 5.75 Å². The van der Waals surface area contributed by atoms with Crippen molar-refractivity contribution in [1.29, 1.82) is 0 Å². The maximum Gasteiger partial charge on any atom is 0.337 e. The van der Waals surface area contributed by atoms with Crippen LogP contribution in [0.2, 0.25) is 5.02 Å². The molecular formula is C17H17ClN2O4. The summed E-state index contributed by atoms with van der Waals surface area (Å²) < 4.78 is 9.86. The van der Waals surface area contributed by atoms with Gasteiger partial charge in [0.05, 0.1) is 25.5 Å². The van der Waals surface area contributed by atoms with Crippen LogP contribution in [-0.2, 0) is 4.74 Å². The number of rotatable bonds is 4. The molecule has 0 heterocycles. The van der Waals surface area contributed by atoms with Gasteiger partial charge in [0.2, 0.25) is 0 Å². The van der Waals surface area contributed by atoms with Gasteiger partial charge in [0.25, 0.3) is 0 Å². The van der Waals surface area contributed by atoms with Crippen molar-refractivity contribution in [2.45, 2.75) is 6.92 Å². The van der Waals surface area contributed by atoms with Crippen LogP contribution in [0.1, 0.15) is 15.9 Å². The molecule has 2 aromatic rings. The van der Waals surface area contributed by atoms with Crippen molar-refractivity contribution < 1.29 is 19.1 Å². The van der Waals surface area contributed by atoms with E-state index >= 15 is 0 Å². The topological polar surface area (TPSA) is 76.7 Å². The van der Waals surface area contributed by atoms with E-state index in [2.05, 4.69) is 15.4 Å². The Labute approximate surface area is 144 Å². The first kappa shape index (κ1) is 17.6. The second kappa shape index (κ2) is 7.70. The van der Waals surface area contributed by atoms with Crippen molar-refractivity contribution in [3.05, 3.63) is 52.5 Å². The summed E-state index contributed by atoms with van der Waals surface area (Å²) in [5, 5.41) is 5.88. The number of esters is 1. The molecule has 0 fully saturated rings. The van der Waals surface area contributed by atoms with Gasteiger partial charge in [-0.05, 0) is 36.8 Å². The van der Waals surface area contributed by atoms with E-state index in [-0.39, 0.29) is 0 Å². The summed E-state index contributed by atoms with van der Waals surface area (Å²) in [7, 11) is 2.79. The third-order valence-corrected chi connectivity index (χ3v) is 3.68. The number of anilines is 2. The lowest BCUT2D eigenvalue weighted by Gasteiger charge is -2.13. The van der Waals surface area contributed by atoms with E-state index < -0.39 is 12.0 Å². The lowest BCUT2D eigenvalue weighted by molar-refractivity contribution is 0.0600. The molecule has 6 nitrogen and oxygen atoms in total. The average molecular weight is 349 g/mol. The average Bonchev–Trinajstić information content (AvgIpc) is 2.57. The van der Waals surface area contributed by atoms with Crippen LogP contribution in [0, 0.1) is 6.92 Å². The normalized spacial score (nSPS) is 10.0. The van der Waals surface area contributed by atoms with Gasteiger partial charge < -0.3 is 20.1 Å². The third-order valence-electron chi connectivity index (χ3n) is 3.27. The maximum absolute atomic E-state index is 12.2. The Balaban J connectivity index is 2.14. The highest BCUT2D eigenvalue weighted by atomic mass is 35.5.